The normalized spacial score (nSPS) is 18.8. The Labute approximate surface area is 150 Å². The predicted molar refractivity (Wildman–Crippen MR) is 103 cm³/mol. The lowest BCUT2D eigenvalue weighted by Gasteiger charge is -2.36. The number of benzene rings is 2. The van der Waals surface area contributed by atoms with Gasteiger partial charge in [0.15, 0.2) is 0 Å². The van der Waals surface area contributed by atoms with Crippen molar-refractivity contribution in [2.45, 2.75) is 25.8 Å². The Bertz CT molecular complexity index is 779. The van der Waals surface area contributed by atoms with Crippen molar-refractivity contribution in [1.29, 1.82) is 0 Å². The van der Waals surface area contributed by atoms with Gasteiger partial charge in [0.05, 0.1) is 7.11 Å². The number of hydrogen-bond donors (Lipinski definition) is 2. The summed E-state index contributed by atoms with van der Waals surface area (Å²) >= 11 is 0. The molecule has 0 atom stereocenters. The number of anilines is 2. The van der Waals surface area contributed by atoms with Crippen molar-refractivity contribution in [3.8, 4) is 5.75 Å². The molecule has 0 radical (unpaired) electrons. The van der Waals surface area contributed by atoms with E-state index in [1.165, 1.54) is 28.1 Å². The van der Waals surface area contributed by atoms with E-state index in [0.717, 1.165) is 38.5 Å². The fraction of sp³-hybridized carbons (Fsp3) is 0.429. The molecule has 0 amide bonds. The molecule has 2 aliphatic heterocycles. The van der Waals surface area contributed by atoms with Gasteiger partial charge in [-0.2, -0.15) is 0 Å². The molecule has 132 valence electrons. The molecule has 0 aromatic heterocycles. The van der Waals surface area contributed by atoms with E-state index in [4.69, 9.17) is 4.74 Å². The SMILES string of the molecule is COc1ccc2c(c1)C(C)(C)c1cc(CN3CCNCC3)ccc1N2. The Morgan fingerprint density at radius 2 is 1.68 bits per heavy atom. The van der Waals surface area contributed by atoms with Crippen LogP contribution in [-0.4, -0.2) is 38.2 Å². The number of rotatable bonds is 3. The number of piperazine rings is 1. The summed E-state index contributed by atoms with van der Waals surface area (Å²) in [6.07, 6.45) is 0. The molecule has 0 aliphatic carbocycles. The third-order valence-corrected chi connectivity index (χ3v) is 5.54. The highest BCUT2D eigenvalue weighted by molar-refractivity contribution is 5.76. The van der Waals surface area contributed by atoms with Crippen molar-refractivity contribution < 1.29 is 4.74 Å². The van der Waals surface area contributed by atoms with Crippen LogP contribution < -0.4 is 15.4 Å². The van der Waals surface area contributed by atoms with Crippen molar-refractivity contribution in [3.05, 3.63) is 53.1 Å². The molecule has 1 saturated heterocycles. The Morgan fingerprint density at radius 3 is 2.40 bits per heavy atom. The van der Waals surface area contributed by atoms with Crippen LogP contribution in [0.5, 0.6) is 5.75 Å². The first-order chi connectivity index (χ1) is 12.1. The van der Waals surface area contributed by atoms with Gasteiger partial charge in [-0.15, -0.1) is 0 Å². The zero-order valence-electron chi connectivity index (χ0n) is 15.4. The number of fused-ring (bicyclic) bond motifs is 2. The summed E-state index contributed by atoms with van der Waals surface area (Å²) in [6, 6.07) is 13.2. The molecular weight excluding hydrogens is 310 g/mol. The largest absolute Gasteiger partial charge is 0.497 e. The lowest BCUT2D eigenvalue weighted by atomic mass is 9.74. The molecule has 0 bridgehead atoms. The molecule has 1 fully saturated rings. The maximum Gasteiger partial charge on any atom is 0.119 e. The molecule has 2 N–H and O–H groups in total. The average Bonchev–Trinajstić information content (AvgIpc) is 2.63. The summed E-state index contributed by atoms with van der Waals surface area (Å²) in [5.41, 5.74) is 6.38. The molecule has 2 aromatic rings. The average molecular weight is 337 g/mol. The van der Waals surface area contributed by atoms with Crippen molar-refractivity contribution in [3.63, 3.8) is 0 Å². The van der Waals surface area contributed by atoms with Gasteiger partial charge in [-0.25, -0.2) is 0 Å². The Morgan fingerprint density at radius 1 is 1.00 bits per heavy atom. The van der Waals surface area contributed by atoms with E-state index in [2.05, 4.69) is 59.7 Å². The number of nitrogens with one attached hydrogen (secondary N) is 2. The number of nitrogens with zero attached hydrogens (tertiary/aromatic N) is 1. The van der Waals surface area contributed by atoms with Gasteiger partial charge in [0, 0.05) is 49.5 Å². The van der Waals surface area contributed by atoms with Gasteiger partial charge in [-0.3, -0.25) is 4.90 Å². The zero-order chi connectivity index (χ0) is 17.4. The molecule has 2 heterocycles. The summed E-state index contributed by atoms with van der Waals surface area (Å²) in [4.78, 5) is 2.53. The molecule has 25 heavy (non-hydrogen) atoms. The quantitative estimate of drug-likeness (QED) is 0.899. The van der Waals surface area contributed by atoms with Crippen LogP contribution in [0.2, 0.25) is 0 Å². The lowest BCUT2D eigenvalue weighted by Crippen LogP contribution is -2.42. The van der Waals surface area contributed by atoms with Crippen LogP contribution in [0.4, 0.5) is 11.4 Å². The smallest absolute Gasteiger partial charge is 0.119 e. The Kier molecular flexibility index (Phi) is 4.18. The van der Waals surface area contributed by atoms with Gasteiger partial charge in [-0.05, 0) is 41.0 Å². The second-order valence-corrected chi connectivity index (χ2v) is 7.57. The Balaban J connectivity index is 1.67. The molecule has 4 rings (SSSR count). The molecule has 2 aliphatic rings. The van der Waals surface area contributed by atoms with E-state index < -0.39 is 0 Å². The van der Waals surface area contributed by atoms with Crippen LogP contribution in [0.3, 0.4) is 0 Å². The van der Waals surface area contributed by atoms with Gasteiger partial charge in [-0.1, -0.05) is 26.0 Å². The second-order valence-electron chi connectivity index (χ2n) is 7.57. The molecule has 0 spiro atoms. The van der Waals surface area contributed by atoms with Crippen LogP contribution in [-0.2, 0) is 12.0 Å². The fourth-order valence-electron chi connectivity index (χ4n) is 4.01. The zero-order valence-corrected chi connectivity index (χ0v) is 15.4. The van der Waals surface area contributed by atoms with Crippen molar-refractivity contribution in [2.24, 2.45) is 0 Å². The third kappa shape index (κ3) is 3.00. The fourth-order valence-corrected chi connectivity index (χ4v) is 4.01. The molecule has 4 nitrogen and oxygen atoms in total. The first-order valence-electron chi connectivity index (χ1n) is 9.10. The highest BCUT2D eigenvalue weighted by atomic mass is 16.5. The number of ether oxygens (including phenoxy) is 1. The standard InChI is InChI=1S/C21H27N3O/c1-21(2)17-12-15(14-24-10-8-22-9-11-24)4-6-19(17)23-20-7-5-16(25-3)13-18(20)21/h4-7,12-13,22-23H,8-11,14H2,1-3H3. The number of methoxy groups -OCH3 is 1. The van der Waals surface area contributed by atoms with Gasteiger partial charge >= 0.3 is 0 Å². The Hall–Kier alpha value is -2.04. The summed E-state index contributed by atoms with van der Waals surface area (Å²) in [5.74, 6) is 0.911. The molecule has 2 aromatic carbocycles. The van der Waals surface area contributed by atoms with Crippen LogP contribution in [0.15, 0.2) is 36.4 Å². The molecule has 0 unspecified atom stereocenters. The maximum atomic E-state index is 5.45. The summed E-state index contributed by atoms with van der Waals surface area (Å²) in [5, 5.41) is 7.02. The summed E-state index contributed by atoms with van der Waals surface area (Å²) < 4.78 is 5.45. The van der Waals surface area contributed by atoms with Crippen LogP contribution in [0.1, 0.15) is 30.5 Å². The minimum atomic E-state index is -0.0517. The highest BCUT2D eigenvalue weighted by Crippen LogP contribution is 2.46. The summed E-state index contributed by atoms with van der Waals surface area (Å²) in [7, 11) is 1.73. The van der Waals surface area contributed by atoms with Gasteiger partial charge in [0.2, 0.25) is 0 Å². The minimum absolute atomic E-state index is 0.0517. The second kappa shape index (κ2) is 6.36. The van der Waals surface area contributed by atoms with Gasteiger partial charge in [0.1, 0.15) is 5.75 Å². The highest BCUT2D eigenvalue weighted by Gasteiger charge is 2.33. The minimum Gasteiger partial charge on any atom is -0.497 e. The van der Waals surface area contributed by atoms with E-state index in [9.17, 15) is 0 Å². The molecular formula is C21H27N3O. The van der Waals surface area contributed by atoms with Crippen molar-refractivity contribution in [1.82, 2.24) is 10.2 Å². The first kappa shape index (κ1) is 16.4. The van der Waals surface area contributed by atoms with Crippen molar-refractivity contribution in [2.75, 3.05) is 38.6 Å². The third-order valence-electron chi connectivity index (χ3n) is 5.54. The van der Waals surface area contributed by atoms with Crippen LogP contribution in [0, 0.1) is 0 Å². The monoisotopic (exact) mass is 337 g/mol. The molecule has 4 heteroatoms. The van der Waals surface area contributed by atoms with E-state index in [-0.39, 0.29) is 5.41 Å². The van der Waals surface area contributed by atoms with Gasteiger partial charge in [0.25, 0.3) is 0 Å². The lowest BCUT2D eigenvalue weighted by molar-refractivity contribution is 0.233. The molecule has 0 saturated carbocycles. The van der Waals surface area contributed by atoms with Gasteiger partial charge < -0.3 is 15.4 Å². The van der Waals surface area contributed by atoms with E-state index >= 15 is 0 Å². The van der Waals surface area contributed by atoms with Crippen LogP contribution >= 0.6 is 0 Å². The van der Waals surface area contributed by atoms with E-state index in [1.807, 2.05) is 6.07 Å². The van der Waals surface area contributed by atoms with E-state index in [1.54, 1.807) is 7.11 Å². The van der Waals surface area contributed by atoms with Crippen LogP contribution in [0.25, 0.3) is 0 Å². The van der Waals surface area contributed by atoms with E-state index in [0.29, 0.717) is 0 Å². The topological polar surface area (TPSA) is 36.5 Å². The number of hydrogen-bond acceptors (Lipinski definition) is 4. The first-order valence-corrected chi connectivity index (χ1v) is 9.10. The van der Waals surface area contributed by atoms with Crippen molar-refractivity contribution >= 4 is 11.4 Å². The summed E-state index contributed by atoms with van der Waals surface area (Å²) in [6.45, 7) is 10.1. The predicted octanol–water partition coefficient (Wildman–Crippen LogP) is 3.48. The maximum absolute atomic E-state index is 5.45.